The van der Waals surface area contributed by atoms with Crippen LogP contribution in [0, 0.1) is 23.7 Å². The van der Waals surface area contributed by atoms with Crippen LogP contribution in [-0.2, 0) is 44.6 Å². The van der Waals surface area contributed by atoms with Gasteiger partial charge in [-0.2, -0.15) is 0 Å². The number of hydrogen-bond acceptors (Lipinski definition) is 9. The van der Waals surface area contributed by atoms with Crippen molar-refractivity contribution >= 4 is 29.6 Å². The summed E-state index contributed by atoms with van der Waals surface area (Å²) >= 11 is 0. The van der Waals surface area contributed by atoms with Crippen LogP contribution in [0.15, 0.2) is 30.3 Å². The van der Waals surface area contributed by atoms with E-state index in [1.54, 1.807) is 58.7 Å². The summed E-state index contributed by atoms with van der Waals surface area (Å²) < 4.78 is 17.7. The van der Waals surface area contributed by atoms with E-state index in [9.17, 15) is 24.0 Å². The summed E-state index contributed by atoms with van der Waals surface area (Å²) in [6.45, 7) is 19.3. The van der Waals surface area contributed by atoms with Crippen LogP contribution in [0.5, 0.6) is 0 Å². The predicted molar refractivity (Wildman–Crippen MR) is 218 cm³/mol. The predicted octanol–water partition coefficient (Wildman–Crippen LogP) is 4.36. The van der Waals surface area contributed by atoms with Crippen molar-refractivity contribution in [1.29, 1.82) is 0 Å². The zero-order valence-corrected chi connectivity index (χ0v) is 36.6. The Balaban J connectivity index is 2.31. The van der Waals surface area contributed by atoms with Crippen molar-refractivity contribution in [3.63, 3.8) is 0 Å². The van der Waals surface area contributed by atoms with Gasteiger partial charge in [-0.15, -0.1) is 0 Å². The van der Waals surface area contributed by atoms with Gasteiger partial charge in [-0.05, 0) is 64.0 Å². The lowest BCUT2D eigenvalue weighted by atomic mass is 9.89. The molecule has 0 aliphatic carbocycles. The van der Waals surface area contributed by atoms with E-state index in [-0.39, 0.29) is 54.2 Å². The second-order valence-corrected chi connectivity index (χ2v) is 17.1. The Bertz CT molecular complexity index is 1420. The minimum absolute atomic E-state index is 0.00230. The molecule has 318 valence electrons. The monoisotopic (exact) mass is 788 g/mol. The molecule has 13 heteroatoms. The number of nitrogens with zero attached hydrogens (tertiary/aromatic N) is 2. The molecule has 3 N–H and O–H groups in total. The summed E-state index contributed by atoms with van der Waals surface area (Å²) in [5.74, 6) is -2.48. The molecule has 1 heterocycles. The fraction of sp³-hybridized carbons (Fsp3) is 0.744. The normalized spacial score (nSPS) is 19.0. The molecule has 9 atom stereocenters. The SMILES string of the molecule is CC[C@H](C)[C@@H](C(CC(=O)N1CCC[C@H]1C(OC)[C@@H](C)C(=O)N[C@@H](Cc1ccccc1)C(=O)OC(C)(C)C)OC)N(C)C(=O)[C@@H](NC(=O)[C@@H](NC)C(C)C)C(C)C. The molecule has 1 aromatic carbocycles. The number of rotatable bonds is 21. The van der Waals surface area contributed by atoms with Crippen molar-refractivity contribution in [3.8, 4) is 0 Å². The van der Waals surface area contributed by atoms with Crippen molar-refractivity contribution in [1.82, 2.24) is 25.8 Å². The molecule has 1 aliphatic heterocycles. The highest BCUT2D eigenvalue weighted by Crippen LogP contribution is 2.30. The summed E-state index contributed by atoms with van der Waals surface area (Å²) in [7, 11) is 6.53. The Morgan fingerprint density at radius 3 is 2.00 bits per heavy atom. The van der Waals surface area contributed by atoms with Crippen LogP contribution in [0.2, 0.25) is 0 Å². The molecule has 1 saturated heterocycles. The van der Waals surface area contributed by atoms with Gasteiger partial charge in [0.2, 0.25) is 23.6 Å². The smallest absolute Gasteiger partial charge is 0.329 e. The van der Waals surface area contributed by atoms with Crippen LogP contribution >= 0.6 is 0 Å². The lowest BCUT2D eigenvalue weighted by molar-refractivity contribution is -0.159. The van der Waals surface area contributed by atoms with Gasteiger partial charge < -0.3 is 40.0 Å². The maximum absolute atomic E-state index is 14.3. The molecule has 0 saturated carbocycles. The van der Waals surface area contributed by atoms with E-state index in [2.05, 4.69) is 16.0 Å². The first kappa shape index (κ1) is 48.6. The Morgan fingerprint density at radius 1 is 0.893 bits per heavy atom. The molecular formula is C43H73N5O8. The topological polar surface area (TPSA) is 156 Å². The van der Waals surface area contributed by atoms with Crippen molar-refractivity contribution in [2.24, 2.45) is 23.7 Å². The van der Waals surface area contributed by atoms with Crippen LogP contribution in [0.25, 0.3) is 0 Å². The number of carbonyl (C=O) groups is 5. The lowest BCUT2D eigenvalue weighted by Crippen LogP contribution is -2.59. The minimum Gasteiger partial charge on any atom is -0.458 e. The fourth-order valence-corrected chi connectivity index (χ4v) is 7.77. The van der Waals surface area contributed by atoms with Gasteiger partial charge in [0.1, 0.15) is 17.7 Å². The van der Waals surface area contributed by atoms with Gasteiger partial charge >= 0.3 is 5.97 Å². The van der Waals surface area contributed by atoms with Crippen molar-refractivity contribution in [2.45, 2.75) is 149 Å². The lowest BCUT2D eigenvalue weighted by Gasteiger charge is -2.41. The van der Waals surface area contributed by atoms with Crippen LogP contribution in [0.1, 0.15) is 100 Å². The quantitative estimate of drug-likeness (QED) is 0.154. The second-order valence-electron chi connectivity index (χ2n) is 17.1. The first-order valence-electron chi connectivity index (χ1n) is 20.4. The largest absolute Gasteiger partial charge is 0.458 e. The first-order chi connectivity index (χ1) is 26.2. The van der Waals surface area contributed by atoms with Crippen LogP contribution < -0.4 is 16.0 Å². The van der Waals surface area contributed by atoms with E-state index in [4.69, 9.17) is 14.2 Å². The minimum atomic E-state index is -0.923. The summed E-state index contributed by atoms with van der Waals surface area (Å²) in [4.78, 5) is 72.3. The highest BCUT2D eigenvalue weighted by molar-refractivity contribution is 5.90. The van der Waals surface area contributed by atoms with Gasteiger partial charge in [0.05, 0.1) is 42.7 Å². The number of likely N-dealkylation sites (tertiary alicyclic amines) is 1. The standard InChI is InChI=1S/C43H73N5O8/c1-15-28(6)37(47(12)41(52)36(27(4)5)46-40(51)35(44-11)26(2)3)33(54-13)25-34(49)48-23-19-22-32(48)38(55-14)29(7)39(50)45-31(42(53)56-43(8,9)10)24-30-20-17-16-18-21-30/h16-18,20-21,26-29,31-33,35-38,44H,15,19,22-25H2,1-14H3,(H,45,50)(H,46,51)/t28-,29+,31-,32-,33?,35-,36-,37-,38?/m0/s1. The zero-order valence-electron chi connectivity index (χ0n) is 36.6. The third-order valence-electron chi connectivity index (χ3n) is 11.0. The highest BCUT2D eigenvalue weighted by atomic mass is 16.6. The number of ether oxygens (including phenoxy) is 3. The van der Waals surface area contributed by atoms with Crippen LogP contribution in [0.4, 0.5) is 0 Å². The summed E-state index contributed by atoms with van der Waals surface area (Å²) in [6.07, 6.45) is 1.04. The average Bonchev–Trinajstić information content (AvgIpc) is 3.62. The molecule has 1 fully saturated rings. The molecule has 1 aromatic rings. The molecule has 2 unspecified atom stereocenters. The number of methoxy groups -OCH3 is 2. The van der Waals surface area contributed by atoms with E-state index < -0.39 is 59.9 Å². The summed E-state index contributed by atoms with van der Waals surface area (Å²) in [6, 6.07) is 6.42. The zero-order chi connectivity index (χ0) is 42.5. The number of benzene rings is 1. The van der Waals surface area contributed by atoms with Crippen molar-refractivity contribution < 1.29 is 38.2 Å². The van der Waals surface area contributed by atoms with Gasteiger partial charge in [0, 0.05) is 34.2 Å². The molecule has 56 heavy (non-hydrogen) atoms. The van der Waals surface area contributed by atoms with Crippen LogP contribution in [-0.4, -0.2) is 122 Å². The third-order valence-corrected chi connectivity index (χ3v) is 11.0. The molecule has 4 amide bonds. The van der Waals surface area contributed by atoms with Gasteiger partial charge in [-0.3, -0.25) is 19.2 Å². The van der Waals surface area contributed by atoms with Gasteiger partial charge in [-0.25, -0.2) is 4.79 Å². The van der Waals surface area contributed by atoms with Gasteiger partial charge in [-0.1, -0.05) is 85.2 Å². The molecule has 0 radical (unpaired) electrons. The van der Waals surface area contributed by atoms with E-state index in [0.29, 0.717) is 13.0 Å². The Hall–Kier alpha value is -3.55. The summed E-state index contributed by atoms with van der Waals surface area (Å²) in [5, 5.41) is 8.96. The van der Waals surface area contributed by atoms with Crippen molar-refractivity contribution in [2.75, 3.05) is 34.9 Å². The number of amides is 4. The van der Waals surface area contributed by atoms with Gasteiger partial charge in [0.25, 0.3) is 0 Å². The maximum Gasteiger partial charge on any atom is 0.329 e. The molecule has 0 spiro atoms. The molecular weight excluding hydrogens is 714 g/mol. The maximum atomic E-state index is 14.3. The number of esters is 1. The summed E-state index contributed by atoms with van der Waals surface area (Å²) in [5.41, 5.74) is 0.134. The Morgan fingerprint density at radius 2 is 1.50 bits per heavy atom. The molecule has 0 bridgehead atoms. The number of likely N-dealkylation sites (N-methyl/N-ethyl adjacent to an activating group) is 2. The second kappa shape index (κ2) is 22.4. The molecule has 13 nitrogen and oxygen atoms in total. The third kappa shape index (κ3) is 13.5. The van der Waals surface area contributed by atoms with E-state index in [1.165, 1.54) is 7.11 Å². The Labute approximate surface area is 336 Å². The highest BCUT2D eigenvalue weighted by Gasteiger charge is 2.43. The molecule has 2 rings (SSSR count). The van der Waals surface area contributed by atoms with Crippen LogP contribution in [0.3, 0.4) is 0 Å². The fourth-order valence-electron chi connectivity index (χ4n) is 7.77. The molecule has 1 aliphatic rings. The first-order valence-corrected chi connectivity index (χ1v) is 20.4. The van der Waals surface area contributed by atoms with E-state index in [1.807, 2.05) is 71.9 Å². The van der Waals surface area contributed by atoms with Crippen molar-refractivity contribution in [3.05, 3.63) is 35.9 Å². The Kier molecular flexibility index (Phi) is 19.4. The van der Waals surface area contributed by atoms with E-state index >= 15 is 0 Å². The number of hydrogen-bond donors (Lipinski definition) is 3. The number of nitrogens with one attached hydrogen (secondary N) is 3. The van der Waals surface area contributed by atoms with E-state index in [0.717, 1.165) is 18.4 Å². The number of carbonyl (C=O) groups excluding carboxylic acids is 5. The molecule has 0 aromatic heterocycles. The van der Waals surface area contributed by atoms with Gasteiger partial charge in [0.15, 0.2) is 0 Å². The average molecular weight is 788 g/mol.